The predicted octanol–water partition coefficient (Wildman–Crippen LogP) is 4.19. The van der Waals surface area contributed by atoms with E-state index in [-0.39, 0.29) is 22.3 Å². The monoisotopic (exact) mass is 476 g/mol. The van der Waals surface area contributed by atoms with Crippen LogP contribution in [0.25, 0.3) is 0 Å². The molecule has 0 unspecified atom stereocenters. The normalized spacial score (nSPS) is 27.8. The molecule has 32 heavy (non-hydrogen) atoms. The maximum Gasteiger partial charge on any atom is 0.349 e. The van der Waals surface area contributed by atoms with Crippen LogP contribution in [0.5, 0.6) is 0 Å². The Hall–Kier alpha value is -1.65. The summed E-state index contributed by atoms with van der Waals surface area (Å²) in [6.45, 7) is 13.5. The number of ether oxygens (including phenoxy) is 1. The molecule has 174 valence electrons. The highest BCUT2D eigenvalue weighted by atomic mass is 32.2. The van der Waals surface area contributed by atoms with Crippen LogP contribution in [-0.2, 0) is 18.6 Å². The molecule has 7 nitrogen and oxygen atoms in total. The van der Waals surface area contributed by atoms with Crippen molar-refractivity contribution in [1.29, 1.82) is 0 Å². The van der Waals surface area contributed by atoms with Crippen molar-refractivity contribution in [2.75, 3.05) is 6.61 Å². The summed E-state index contributed by atoms with van der Waals surface area (Å²) < 4.78 is 21.5. The molecule has 2 aliphatic heterocycles. The molecule has 2 fully saturated rings. The van der Waals surface area contributed by atoms with E-state index in [1.165, 1.54) is 28.6 Å². The third-order valence-electron chi connectivity index (χ3n) is 6.16. The van der Waals surface area contributed by atoms with E-state index < -0.39 is 24.9 Å². The Morgan fingerprint density at radius 3 is 2.28 bits per heavy atom. The minimum atomic E-state index is -2.68. The minimum absolute atomic E-state index is 0.150. The van der Waals surface area contributed by atoms with Crippen molar-refractivity contribution >= 4 is 20.3 Å². The lowest BCUT2D eigenvalue weighted by Crippen LogP contribution is -2.64. The van der Waals surface area contributed by atoms with Gasteiger partial charge in [-0.3, -0.25) is 14.3 Å². The lowest BCUT2D eigenvalue weighted by atomic mass is 10.2. The molecule has 0 spiro atoms. The molecule has 4 rings (SSSR count). The van der Waals surface area contributed by atoms with Crippen molar-refractivity contribution in [3.63, 3.8) is 0 Å². The summed E-state index contributed by atoms with van der Waals surface area (Å²) in [7, 11) is -2.68. The van der Waals surface area contributed by atoms with E-state index in [2.05, 4.69) is 46.5 Å². The van der Waals surface area contributed by atoms with Gasteiger partial charge >= 0.3 is 14.3 Å². The lowest BCUT2D eigenvalue weighted by Gasteiger charge is -2.53. The Balaban J connectivity index is 1.76. The van der Waals surface area contributed by atoms with Gasteiger partial charge in [0.2, 0.25) is 5.06 Å². The summed E-state index contributed by atoms with van der Waals surface area (Å²) in [6, 6.07) is 11.2. The summed E-state index contributed by atoms with van der Waals surface area (Å²) >= 11 is 1.45. The first-order chi connectivity index (χ1) is 14.9. The molecular weight excluding hydrogens is 444 g/mol. The number of aromatic nitrogens is 2. The van der Waals surface area contributed by atoms with Crippen molar-refractivity contribution in [3.8, 4) is 0 Å². The van der Waals surface area contributed by atoms with Gasteiger partial charge in [0.25, 0.3) is 5.56 Å². The number of hydrogen-bond acceptors (Lipinski definition) is 6. The van der Waals surface area contributed by atoms with Crippen LogP contribution < -0.4 is 11.2 Å². The quantitative estimate of drug-likeness (QED) is 0.669. The molecule has 3 heterocycles. The number of fused-ring (bicyclic) bond motifs is 1. The number of rotatable bonds is 3. The van der Waals surface area contributed by atoms with Gasteiger partial charge in [0.15, 0.2) is 0 Å². The van der Waals surface area contributed by atoms with Crippen LogP contribution in [0.15, 0.2) is 57.1 Å². The van der Waals surface area contributed by atoms with E-state index in [1.54, 1.807) is 0 Å². The lowest BCUT2D eigenvalue weighted by molar-refractivity contribution is -0.0922. The van der Waals surface area contributed by atoms with Crippen molar-refractivity contribution in [1.82, 2.24) is 9.55 Å². The fourth-order valence-electron chi connectivity index (χ4n) is 4.99. The number of aromatic amines is 1. The Labute approximate surface area is 193 Å². The first-order valence-electron chi connectivity index (χ1n) is 10.9. The van der Waals surface area contributed by atoms with Gasteiger partial charge in [0, 0.05) is 33.7 Å². The highest BCUT2D eigenvalue weighted by molar-refractivity contribution is 7.99. The average Bonchev–Trinajstić information content (AvgIpc) is 3.04. The second-order valence-corrected chi connectivity index (χ2v) is 16.6. The Morgan fingerprint density at radius 1 is 1.03 bits per heavy atom. The number of nitrogens with one attached hydrogen (secondary N) is 1. The van der Waals surface area contributed by atoms with Gasteiger partial charge in [-0.2, -0.15) is 0 Å². The van der Waals surface area contributed by atoms with Gasteiger partial charge in [0.05, 0.1) is 12.7 Å². The summed E-state index contributed by atoms with van der Waals surface area (Å²) in [4.78, 5) is 27.9. The highest BCUT2D eigenvalue weighted by Crippen LogP contribution is 2.57. The molecule has 9 heteroatoms. The molecule has 1 N–H and O–H groups in total. The Kier molecular flexibility index (Phi) is 5.86. The maximum absolute atomic E-state index is 12.8. The van der Waals surface area contributed by atoms with E-state index in [0.29, 0.717) is 13.0 Å². The molecule has 3 atom stereocenters. The zero-order valence-corrected chi connectivity index (χ0v) is 21.3. The SMILES string of the molecule is CC(C)(C)[Si]1(C(C)(C)C)OC[C@H]2O[C@](Sc3ccccc3)(n3ccc(=O)[nH]c3=O)C[C@@H]2O1. The second kappa shape index (κ2) is 7.98. The fraction of sp³-hybridized carbons (Fsp3) is 0.565. The topological polar surface area (TPSA) is 82.5 Å². The molecule has 0 radical (unpaired) electrons. The smallest absolute Gasteiger partial charge is 0.349 e. The van der Waals surface area contributed by atoms with Gasteiger partial charge in [-0.05, 0) is 12.1 Å². The summed E-state index contributed by atoms with van der Waals surface area (Å²) in [5.74, 6) is 0. The van der Waals surface area contributed by atoms with E-state index >= 15 is 0 Å². The standard InChI is InChI=1S/C23H32N2O5SSi/c1-21(2,3)32(22(4,5)6)28-15-18-17(30-32)14-23(29-18,31-16-10-8-7-9-11-16)25-13-12-19(26)24-20(25)27/h7-13,17-18H,14-15H2,1-6H3,(H,24,26,27)/t17-,18+,23+/m0/s1. The zero-order chi connectivity index (χ0) is 23.4. The molecule has 0 bridgehead atoms. The van der Waals surface area contributed by atoms with Gasteiger partial charge in [-0.25, -0.2) is 4.79 Å². The number of H-pyrrole nitrogens is 1. The molecule has 1 aromatic heterocycles. The Morgan fingerprint density at radius 2 is 1.69 bits per heavy atom. The third-order valence-corrected chi connectivity index (χ3v) is 12.6. The van der Waals surface area contributed by atoms with E-state index in [4.69, 9.17) is 13.6 Å². The molecule has 2 saturated heterocycles. The summed E-state index contributed by atoms with van der Waals surface area (Å²) in [5, 5.41) is -1.35. The van der Waals surface area contributed by atoms with Crippen LogP contribution in [0.4, 0.5) is 0 Å². The van der Waals surface area contributed by atoms with Crippen molar-refractivity contribution in [2.45, 2.75) is 80.2 Å². The number of nitrogens with zero attached hydrogens (tertiary/aromatic N) is 1. The zero-order valence-electron chi connectivity index (χ0n) is 19.5. The van der Waals surface area contributed by atoms with E-state index in [9.17, 15) is 9.59 Å². The van der Waals surface area contributed by atoms with Crippen LogP contribution in [0.1, 0.15) is 48.0 Å². The van der Waals surface area contributed by atoms with Crippen molar-refractivity contribution in [2.24, 2.45) is 0 Å². The molecule has 0 amide bonds. The third kappa shape index (κ3) is 3.94. The van der Waals surface area contributed by atoms with Gasteiger partial charge in [0.1, 0.15) is 6.10 Å². The summed E-state index contributed by atoms with van der Waals surface area (Å²) in [6.07, 6.45) is 1.44. The largest absolute Gasteiger partial charge is 0.391 e. The minimum Gasteiger partial charge on any atom is -0.391 e. The summed E-state index contributed by atoms with van der Waals surface area (Å²) in [5.41, 5.74) is -0.941. The van der Waals surface area contributed by atoms with Crippen LogP contribution >= 0.6 is 11.8 Å². The molecular formula is C23H32N2O5SSi. The number of hydrogen-bond donors (Lipinski definition) is 1. The van der Waals surface area contributed by atoms with E-state index in [0.717, 1.165) is 4.90 Å². The number of thioether (sulfide) groups is 1. The molecule has 2 aliphatic rings. The average molecular weight is 477 g/mol. The first kappa shape index (κ1) is 23.5. The molecule has 0 saturated carbocycles. The Bertz CT molecular complexity index is 1070. The molecule has 0 aliphatic carbocycles. The van der Waals surface area contributed by atoms with Gasteiger partial charge in [-0.1, -0.05) is 71.5 Å². The van der Waals surface area contributed by atoms with Crippen LogP contribution in [0.2, 0.25) is 10.1 Å². The van der Waals surface area contributed by atoms with Crippen molar-refractivity contribution < 1.29 is 13.6 Å². The first-order valence-corrected chi connectivity index (χ1v) is 13.6. The van der Waals surface area contributed by atoms with Crippen LogP contribution in [-0.4, -0.2) is 36.9 Å². The predicted molar refractivity (Wildman–Crippen MR) is 127 cm³/mol. The number of benzene rings is 1. The highest BCUT2D eigenvalue weighted by Gasteiger charge is 2.65. The van der Waals surface area contributed by atoms with Crippen LogP contribution in [0.3, 0.4) is 0 Å². The molecule has 2 aromatic rings. The van der Waals surface area contributed by atoms with Crippen LogP contribution in [0, 0.1) is 0 Å². The molecule has 1 aromatic carbocycles. The van der Waals surface area contributed by atoms with E-state index in [1.807, 2.05) is 30.3 Å². The second-order valence-electron chi connectivity index (χ2n) is 10.6. The van der Waals surface area contributed by atoms with Gasteiger partial charge < -0.3 is 13.6 Å². The maximum atomic E-state index is 12.8. The fourth-order valence-corrected chi connectivity index (χ4v) is 11.3. The van der Waals surface area contributed by atoms with Gasteiger partial charge in [-0.15, -0.1) is 0 Å². The van der Waals surface area contributed by atoms with Crippen molar-refractivity contribution in [3.05, 3.63) is 63.4 Å².